The third kappa shape index (κ3) is 8.95. The van der Waals surface area contributed by atoms with E-state index in [-0.39, 0.29) is 0 Å². The highest BCUT2D eigenvalue weighted by atomic mass is 28.3. The molecule has 0 unspecified atom stereocenters. The summed E-state index contributed by atoms with van der Waals surface area (Å²) < 4.78 is 0. The minimum Gasteiger partial charge on any atom is -0.118 e. The van der Waals surface area contributed by atoms with Crippen LogP contribution in [0.15, 0.2) is 24.3 Å². The molecule has 0 heterocycles. The summed E-state index contributed by atoms with van der Waals surface area (Å²) in [6, 6.07) is 7.89. The van der Waals surface area contributed by atoms with Crippen molar-refractivity contribution < 1.29 is 0 Å². The van der Waals surface area contributed by atoms with Gasteiger partial charge in [-0.05, 0) is 47.9 Å². The van der Waals surface area contributed by atoms with Gasteiger partial charge in [-0.1, -0.05) is 51.1 Å². The van der Waals surface area contributed by atoms with E-state index >= 15 is 0 Å². The molecule has 0 aliphatic heterocycles. The van der Waals surface area contributed by atoms with Crippen molar-refractivity contribution in [2.45, 2.75) is 39.3 Å². The van der Waals surface area contributed by atoms with E-state index in [0.717, 1.165) is 11.1 Å². The van der Waals surface area contributed by atoms with Gasteiger partial charge in [-0.3, -0.25) is 0 Å². The lowest BCUT2D eigenvalue weighted by Gasteiger charge is -2.01. The quantitative estimate of drug-likeness (QED) is 0.498. The van der Waals surface area contributed by atoms with Gasteiger partial charge in [0.25, 0.3) is 0 Å². The van der Waals surface area contributed by atoms with E-state index in [1.165, 1.54) is 0 Å². The molecule has 1 aromatic rings. The Balaban J connectivity index is 2.76. The molecule has 110 valence electrons. The Labute approximate surface area is 137 Å². The first kappa shape index (κ1) is 17.9. The smallest absolute Gasteiger partial charge is 0.118 e. The number of benzene rings is 1. The van der Waals surface area contributed by atoms with Crippen molar-refractivity contribution in [2.75, 3.05) is 0 Å². The molecule has 0 radical (unpaired) electrons. The van der Waals surface area contributed by atoms with Crippen LogP contribution in [-0.2, 0) is 0 Å². The highest BCUT2D eigenvalue weighted by Gasteiger charge is 2.07. The lowest BCUT2D eigenvalue weighted by molar-refractivity contribution is 1.60. The van der Waals surface area contributed by atoms with Gasteiger partial charge in [0.1, 0.15) is 16.1 Å². The predicted octanol–water partition coefficient (Wildman–Crippen LogP) is 4.15. The molecule has 2 heteroatoms. The van der Waals surface area contributed by atoms with E-state index in [1.807, 2.05) is 24.3 Å². The van der Waals surface area contributed by atoms with Crippen LogP contribution in [0.5, 0.6) is 0 Å². The Hall–Kier alpha value is -2.11. The van der Waals surface area contributed by atoms with Gasteiger partial charge in [0, 0.05) is 11.1 Å². The average molecular weight is 319 g/mol. The zero-order chi connectivity index (χ0) is 16.6. The van der Waals surface area contributed by atoms with Crippen LogP contribution in [0, 0.1) is 46.6 Å². The van der Waals surface area contributed by atoms with E-state index in [0.29, 0.717) is 0 Å². The van der Waals surface area contributed by atoms with E-state index in [4.69, 9.17) is 0 Å². The number of hydrogen-bond donors (Lipinski definition) is 0. The Morgan fingerprint density at radius 3 is 1.14 bits per heavy atom. The molecule has 0 fully saturated rings. The van der Waals surface area contributed by atoms with Gasteiger partial charge in [0.2, 0.25) is 0 Å². The van der Waals surface area contributed by atoms with E-state index in [9.17, 15) is 0 Å². The topological polar surface area (TPSA) is 0 Å². The first-order chi connectivity index (χ1) is 10.2. The van der Waals surface area contributed by atoms with Crippen LogP contribution < -0.4 is 0 Å². The highest BCUT2D eigenvalue weighted by molar-refractivity contribution is 6.84. The molecule has 0 aliphatic carbocycles. The fraction of sp³-hybridized carbons (Fsp3) is 0.300. The maximum Gasteiger partial charge on any atom is 0.130 e. The van der Waals surface area contributed by atoms with E-state index < -0.39 is 16.1 Å². The lowest BCUT2D eigenvalue weighted by atomic mass is 10.1. The molecular weight excluding hydrogens is 296 g/mol. The first-order valence-corrected chi connectivity index (χ1v) is 14.3. The largest absolute Gasteiger partial charge is 0.130 e. The van der Waals surface area contributed by atoms with Crippen molar-refractivity contribution in [3.05, 3.63) is 35.4 Å². The molecule has 0 amide bonds. The van der Waals surface area contributed by atoms with Gasteiger partial charge in [-0.15, -0.1) is 11.1 Å². The summed E-state index contributed by atoms with van der Waals surface area (Å²) in [5.74, 6) is 17.9. The number of rotatable bonds is 0. The molecule has 0 saturated carbocycles. The Morgan fingerprint density at radius 2 is 0.864 bits per heavy atom. The summed E-state index contributed by atoms with van der Waals surface area (Å²) >= 11 is 0. The zero-order valence-electron chi connectivity index (χ0n) is 14.3. The first-order valence-electron chi connectivity index (χ1n) is 7.32. The summed E-state index contributed by atoms with van der Waals surface area (Å²) in [5.41, 5.74) is 8.39. The molecule has 1 aromatic carbocycles. The van der Waals surface area contributed by atoms with Crippen LogP contribution in [0.3, 0.4) is 0 Å². The average Bonchev–Trinajstić information content (AvgIpc) is 2.39. The van der Waals surface area contributed by atoms with Crippen molar-refractivity contribution in [3.63, 3.8) is 0 Å². The second kappa shape index (κ2) is 7.78. The molecule has 22 heavy (non-hydrogen) atoms. The molecule has 0 atom stereocenters. The maximum absolute atomic E-state index is 3.23. The number of hydrogen-bond acceptors (Lipinski definition) is 0. The Kier molecular flexibility index (Phi) is 6.34. The SMILES string of the molecule is C[Si](C)(C)C#CC#Cc1ccc(C#CC#C[Si](C)(C)C)cc1. The normalized spacial score (nSPS) is 9.73. The lowest BCUT2D eigenvalue weighted by Crippen LogP contribution is -2.16. The maximum atomic E-state index is 3.23. The Bertz CT molecular complexity index is 686. The van der Waals surface area contributed by atoms with Gasteiger partial charge in [0.05, 0.1) is 0 Å². The molecule has 0 spiro atoms. The predicted molar refractivity (Wildman–Crippen MR) is 102 cm³/mol. The van der Waals surface area contributed by atoms with Crippen LogP contribution >= 0.6 is 0 Å². The summed E-state index contributed by atoms with van der Waals surface area (Å²) in [6.07, 6.45) is 0. The second-order valence-corrected chi connectivity index (χ2v) is 16.6. The monoisotopic (exact) mass is 318 g/mol. The van der Waals surface area contributed by atoms with E-state index in [2.05, 4.69) is 85.9 Å². The standard InChI is InChI=1S/C20H22Si2/c1-21(2,3)17-9-7-11-19-13-15-20(16-14-19)12-8-10-18-22(4,5)6/h13-16H,1-6H3. The third-order valence-electron chi connectivity index (χ3n) is 2.30. The Morgan fingerprint density at radius 1 is 0.545 bits per heavy atom. The van der Waals surface area contributed by atoms with Gasteiger partial charge in [-0.2, -0.15) is 0 Å². The molecule has 0 N–H and O–H groups in total. The minimum atomic E-state index is -1.33. The molecule has 0 nitrogen and oxygen atoms in total. The fourth-order valence-corrected chi connectivity index (χ4v) is 2.16. The second-order valence-electron chi connectivity index (χ2n) is 7.08. The van der Waals surface area contributed by atoms with Crippen LogP contribution in [0.4, 0.5) is 0 Å². The van der Waals surface area contributed by atoms with Crippen LogP contribution in [0.2, 0.25) is 39.3 Å². The van der Waals surface area contributed by atoms with Gasteiger partial charge in [0.15, 0.2) is 0 Å². The minimum absolute atomic E-state index is 0.962. The van der Waals surface area contributed by atoms with Crippen molar-refractivity contribution in [1.29, 1.82) is 0 Å². The van der Waals surface area contributed by atoms with Crippen LogP contribution in [0.1, 0.15) is 11.1 Å². The van der Waals surface area contributed by atoms with Crippen molar-refractivity contribution in [3.8, 4) is 46.6 Å². The van der Waals surface area contributed by atoms with Gasteiger partial charge >= 0.3 is 0 Å². The third-order valence-corrected chi connectivity index (χ3v) is 4.05. The van der Waals surface area contributed by atoms with Gasteiger partial charge < -0.3 is 0 Å². The van der Waals surface area contributed by atoms with E-state index in [1.54, 1.807) is 0 Å². The summed E-state index contributed by atoms with van der Waals surface area (Å²) in [4.78, 5) is 0. The summed E-state index contributed by atoms with van der Waals surface area (Å²) in [5, 5.41) is 0. The summed E-state index contributed by atoms with van der Waals surface area (Å²) in [6.45, 7) is 13.3. The molecule has 0 aliphatic rings. The van der Waals surface area contributed by atoms with Crippen LogP contribution in [0.25, 0.3) is 0 Å². The molecule has 0 saturated heterocycles. The van der Waals surface area contributed by atoms with Crippen molar-refractivity contribution in [2.24, 2.45) is 0 Å². The molecular formula is C20H22Si2. The fourth-order valence-electron chi connectivity index (χ4n) is 1.28. The van der Waals surface area contributed by atoms with Gasteiger partial charge in [-0.25, -0.2) is 0 Å². The van der Waals surface area contributed by atoms with Crippen LogP contribution in [-0.4, -0.2) is 16.1 Å². The summed E-state index contributed by atoms with van der Waals surface area (Å²) in [7, 11) is -2.66. The van der Waals surface area contributed by atoms with Crippen molar-refractivity contribution in [1.82, 2.24) is 0 Å². The molecule has 0 bridgehead atoms. The van der Waals surface area contributed by atoms with Crippen molar-refractivity contribution >= 4 is 16.1 Å². The zero-order valence-corrected chi connectivity index (χ0v) is 16.3. The molecule has 1 rings (SSSR count). The highest BCUT2D eigenvalue weighted by Crippen LogP contribution is 2.02. The molecule has 0 aromatic heterocycles.